The van der Waals surface area contributed by atoms with Gasteiger partial charge in [-0.1, -0.05) is 55.0 Å². The second-order valence-electron chi connectivity index (χ2n) is 6.23. The van der Waals surface area contributed by atoms with Gasteiger partial charge in [0.1, 0.15) is 0 Å². The van der Waals surface area contributed by atoms with Crippen molar-refractivity contribution < 1.29 is 0 Å². The van der Waals surface area contributed by atoms with Gasteiger partial charge in [-0.2, -0.15) is 0 Å². The Morgan fingerprint density at radius 3 is 2.36 bits per heavy atom. The van der Waals surface area contributed by atoms with Crippen molar-refractivity contribution in [1.82, 2.24) is 9.88 Å². The number of aromatic amines is 1. The first-order valence-electron chi connectivity index (χ1n) is 8.29. The number of H-pyrrole nitrogens is 1. The van der Waals surface area contributed by atoms with E-state index in [9.17, 15) is 0 Å². The van der Waals surface area contributed by atoms with Crippen LogP contribution in [0.4, 0.5) is 0 Å². The number of para-hydroxylation sites is 1. The highest BCUT2D eigenvalue weighted by Gasteiger charge is 2.17. The van der Waals surface area contributed by atoms with Gasteiger partial charge < -0.3 is 4.98 Å². The lowest BCUT2D eigenvalue weighted by Crippen LogP contribution is -2.29. The number of hydrogen-bond donors (Lipinski definition) is 1. The van der Waals surface area contributed by atoms with E-state index in [2.05, 4.69) is 64.5 Å². The molecule has 1 saturated heterocycles. The predicted octanol–water partition coefficient (Wildman–Crippen LogP) is 4.82. The van der Waals surface area contributed by atoms with Gasteiger partial charge in [-0.15, -0.1) is 0 Å². The van der Waals surface area contributed by atoms with Gasteiger partial charge in [0.2, 0.25) is 0 Å². The Morgan fingerprint density at radius 1 is 0.818 bits per heavy atom. The molecule has 2 heterocycles. The summed E-state index contributed by atoms with van der Waals surface area (Å²) in [5, 5.41) is 1.37. The van der Waals surface area contributed by atoms with Crippen molar-refractivity contribution in [2.45, 2.75) is 25.8 Å². The molecule has 2 aromatic carbocycles. The Hall–Kier alpha value is -2.06. The topological polar surface area (TPSA) is 19.0 Å². The van der Waals surface area contributed by atoms with Crippen molar-refractivity contribution in [1.29, 1.82) is 0 Å². The molecule has 22 heavy (non-hydrogen) atoms. The van der Waals surface area contributed by atoms with Crippen LogP contribution in [0.25, 0.3) is 22.2 Å². The second kappa shape index (κ2) is 5.98. The smallest absolute Gasteiger partial charge is 0.0510 e. The molecule has 1 aliphatic heterocycles. The normalized spacial score (nSPS) is 16.2. The first kappa shape index (κ1) is 13.6. The first-order chi connectivity index (χ1) is 10.9. The molecule has 0 saturated carbocycles. The summed E-state index contributed by atoms with van der Waals surface area (Å²) in [5.74, 6) is 0. The van der Waals surface area contributed by atoms with Crippen molar-refractivity contribution in [3.63, 3.8) is 0 Å². The zero-order chi connectivity index (χ0) is 14.8. The van der Waals surface area contributed by atoms with E-state index in [0.717, 1.165) is 6.54 Å². The van der Waals surface area contributed by atoms with Crippen molar-refractivity contribution in [2.75, 3.05) is 13.1 Å². The van der Waals surface area contributed by atoms with Gasteiger partial charge in [0.15, 0.2) is 0 Å². The number of aromatic nitrogens is 1. The maximum absolute atomic E-state index is 3.64. The van der Waals surface area contributed by atoms with Gasteiger partial charge in [0.05, 0.1) is 5.69 Å². The van der Waals surface area contributed by atoms with Gasteiger partial charge in [-0.05, 0) is 43.1 Å². The molecule has 1 fully saturated rings. The molecule has 1 aliphatic rings. The number of piperidine rings is 1. The average Bonchev–Trinajstić information content (AvgIpc) is 2.95. The van der Waals surface area contributed by atoms with Crippen molar-refractivity contribution in [3.8, 4) is 11.3 Å². The third-order valence-corrected chi connectivity index (χ3v) is 4.71. The van der Waals surface area contributed by atoms with Crippen LogP contribution in [0.1, 0.15) is 24.8 Å². The van der Waals surface area contributed by atoms with Crippen LogP contribution in [-0.2, 0) is 6.54 Å². The van der Waals surface area contributed by atoms with E-state index in [4.69, 9.17) is 0 Å². The Labute approximate surface area is 131 Å². The van der Waals surface area contributed by atoms with Crippen molar-refractivity contribution in [3.05, 3.63) is 60.2 Å². The van der Waals surface area contributed by atoms with Crippen molar-refractivity contribution in [2.24, 2.45) is 0 Å². The molecule has 3 aromatic rings. The van der Waals surface area contributed by atoms with E-state index in [1.807, 2.05) is 0 Å². The van der Waals surface area contributed by atoms with Crippen LogP contribution < -0.4 is 0 Å². The lowest BCUT2D eigenvalue weighted by molar-refractivity contribution is 0.222. The van der Waals surface area contributed by atoms with Crippen LogP contribution in [0.2, 0.25) is 0 Å². The summed E-state index contributed by atoms with van der Waals surface area (Å²) in [4.78, 5) is 6.25. The fourth-order valence-corrected chi connectivity index (χ4v) is 3.56. The number of nitrogens with zero attached hydrogens (tertiary/aromatic N) is 1. The van der Waals surface area contributed by atoms with Crippen LogP contribution in [0.3, 0.4) is 0 Å². The molecule has 0 bridgehead atoms. The fourth-order valence-electron chi connectivity index (χ4n) is 3.56. The third-order valence-electron chi connectivity index (χ3n) is 4.71. The maximum atomic E-state index is 3.64. The van der Waals surface area contributed by atoms with Gasteiger partial charge >= 0.3 is 0 Å². The third kappa shape index (κ3) is 2.55. The van der Waals surface area contributed by atoms with Crippen LogP contribution in [-0.4, -0.2) is 23.0 Å². The van der Waals surface area contributed by atoms with Crippen molar-refractivity contribution >= 4 is 10.9 Å². The SMILES string of the molecule is c1ccc(-c2[nH]c3ccccc3c2CN2CCCCC2)cc1. The van der Waals surface area contributed by atoms with Crippen LogP contribution in [0.15, 0.2) is 54.6 Å². The minimum Gasteiger partial charge on any atom is -0.354 e. The highest BCUT2D eigenvalue weighted by molar-refractivity contribution is 5.90. The van der Waals surface area contributed by atoms with E-state index in [1.54, 1.807) is 0 Å². The number of benzene rings is 2. The largest absolute Gasteiger partial charge is 0.354 e. The summed E-state index contributed by atoms with van der Waals surface area (Å²) in [6, 6.07) is 19.4. The quantitative estimate of drug-likeness (QED) is 0.732. The molecule has 0 amide bonds. The Bertz CT molecular complexity index is 752. The zero-order valence-electron chi connectivity index (χ0n) is 12.9. The maximum Gasteiger partial charge on any atom is 0.0510 e. The average molecular weight is 290 g/mol. The molecule has 1 N–H and O–H groups in total. The summed E-state index contributed by atoms with van der Waals surface area (Å²) >= 11 is 0. The molecular formula is C20H22N2. The van der Waals surface area contributed by atoms with E-state index in [0.29, 0.717) is 0 Å². The molecule has 0 radical (unpaired) electrons. The summed E-state index contributed by atoms with van der Waals surface area (Å²) in [5.41, 5.74) is 5.26. The summed E-state index contributed by atoms with van der Waals surface area (Å²) < 4.78 is 0. The molecule has 0 atom stereocenters. The highest BCUT2D eigenvalue weighted by atomic mass is 15.1. The Kier molecular flexibility index (Phi) is 3.69. The Balaban J connectivity index is 1.79. The molecule has 0 unspecified atom stereocenters. The van der Waals surface area contributed by atoms with E-state index < -0.39 is 0 Å². The highest BCUT2D eigenvalue weighted by Crippen LogP contribution is 2.31. The monoisotopic (exact) mass is 290 g/mol. The van der Waals surface area contributed by atoms with Crippen LogP contribution in [0, 0.1) is 0 Å². The standard InChI is InChI=1S/C20H22N2/c1-3-9-16(10-4-1)20-18(15-22-13-7-2-8-14-22)17-11-5-6-12-19(17)21-20/h1,3-6,9-12,21H,2,7-8,13-15H2. The predicted molar refractivity (Wildman–Crippen MR) is 92.9 cm³/mol. The lowest BCUT2D eigenvalue weighted by atomic mass is 10.0. The minimum absolute atomic E-state index is 1.05. The summed E-state index contributed by atoms with van der Waals surface area (Å²) in [6.45, 7) is 3.51. The summed E-state index contributed by atoms with van der Waals surface area (Å²) in [7, 11) is 0. The number of hydrogen-bond acceptors (Lipinski definition) is 1. The van der Waals surface area contributed by atoms with E-state index in [-0.39, 0.29) is 0 Å². The van der Waals surface area contributed by atoms with Gasteiger partial charge in [0.25, 0.3) is 0 Å². The molecule has 4 rings (SSSR count). The molecule has 2 heteroatoms. The zero-order valence-corrected chi connectivity index (χ0v) is 12.9. The van der Waals surface area contributed by atoms with Gasteiger partial charge in [-0.25, -0.2) is 0 Å². The minimum atomic E-state index is 1.05. The molecule has 112 valence electrons. The number of nitrogens with one attached hydrogen (secondary N) is 1. The lowest BCUT2D eigenvalue weighted by Gasteiger charge is -2.26. The molecule has 2 nitrogen and oxygen atoms in total. The summed E-state index contributed by atoms with van der Waals surface area (Å²) in [6.07, 6.45) is 4.06. The number of fused-ring (bicyclic) bond motifs is 1. The molecule has 0 spiro atoms. The van der Waals surface area contributed by atoms with Gasteiger partial charge in [-0.3, -0.25) is 4.90 Å². The first-order valence-corrected chi connectivity index (χ1v) is 8.29. The number of likely N-dealkylation sites (tertiary alicyclic amines) is 1. The van der Waals surface area contributed by atoms with E-state index >= 15 is 0 Å². The van der Waals surface area contributed by atoms with Crippen LogP contribution >= 0.6 is 0 Å². The second-order valence-corrected chi connectivity index (χ2v) is 6.23. The van der Waals surface area contributed by atoms with Crippen LogP contribution in [0.5, 0.6) is 0 Å². The molecular weight excluding hydrogens is 268 g/mol. The Morgan fingerprint density at radius 2 is 1.55 bits per heavy atom. The fraction of sp³-hybridized carbons (Fsp3) is 0.300. The molecule has 1 aromatic heterocycles. The molecule has 0 aliphatic carbocycles. The van der Waals surface area contributed by atoms with E-state index in [1.165, 1.54) is 60.1 Å². The van der Waals surface area contributed by atoms with Gasteiger partial charge in [0, 0.05) is 17.4 Å². The number of rotatable bonds is 3.